The number of carboxylic acids is 1. The highest BCUT2D eigenvalue weighted by atomic mass is 16.4. The van der Waals surface area contributed by atoms with E-state index in [1.54, 1.807) is 0 Å². The largest absolute Gasteiger partial charge is 0.478 e. The first-order valence-corrected chi connectivity index (χ1v) is 6.99. The number of carbonyl (C=O) groups is 1. The van der Waals surface area contributed by atoms with Crippen molar-refractivity contribution in [1.82, 2.24) is 4.98 Å². The molecule has 20 heavy (non-hydrogen) atoms. The topological polar surface area (TPSA) is 50.2 Å². The lowest BCUT2D eigenvalue weighted by Crippen LogP contribution is -2.18. The molecule has 1 aromatic carbocycles. The first-order chi connectivity index (χ1) is 9.31. The maximum Gasteiger partial charge on any atom is 0.336 e. The average Bonchev–Trinajstić information content (AvgIpc) is 2.57. The van der Waals surface area contributed by atoms with E-state index < -0.39 is 5.97 Å². The van der Waals surface area contributed by atoms with E-state index in [9.17, 15) is 9.90 Å². The molecule has 1 aliphatic rings. The third-order valence-corrected chi connectivity index (χ3v) is 4.34. The molecule has 3 nitrogen and oxygen atoms in total. The number of aryl methyl sites for hydroxylation is 1. The molecule has 0 saturated heterocycles. The first-order valence-electron chi connectivity index (χ1n) is 6.99. The maximum atomic E-state index is 11.9. The molecular weight excluding hydrogens is 250 g/mol. The maximum absolute atomic E-state index is 11.9. The molecule has 0 fully saturated rings. The van der Waals surface area contributed by atoms with Gasteiger partial charge in [0.15, 0.2) is 0 Å². The second-order valence-electron chi connectivity index (χ2n) is 6.56. The summed E-state index contributed by atoms with van der Waals surface area (Å²) in [6, 6.07) is 5.85. The summed E-state index contributed by atoms with van der Waals surface area (Å²) >= 11 is 0. The van der Waals surface area contributed by atoms with Crippen LogP contribution in [0.2, 0.25) is 0 Å². The van der Waals surface area contributed by atoms with Gasteiger partial charge in [0.2, 0.25) is 0 Å². The summed E-state index contributed by atoms with van der Waals surface area (Å²) in [6.07, 6.45) is 0.949. The molecule has 0 radical (unpaired) electrons. The van der Waals surface area contributed by atoms with Crippen LogP contribution in [-0.4, -0.2) is 16.1 Å². The van der Waals surface area contributed by atoms with Crippen molar-refractivity contribution in [3.05, 3.63) is 40.6 Å². The lowest BCUT2D eigenvalue weighted by atomic mass is 9.83. The third kappa shape index (κ3) is 1.73. The second kappa shape index (κ2) is 4.05. The minimum atomic E-state index is -0.846. The van der Waals surface area contributed by atoms with Gasteiger partial charge in [0, 0.05) is 11.1 Å². The number of rotatable bonds is 1. The normalized spacial score (nSPS) is 20.1. The van der Waals surface area contributed by atoms with E-state index in [-0.39, 0.29) is 5.41 Å². The number of hydrogen-bond donors (Lipinski definition) is 1. The molecule has 1 aromatic heterocycles. The van der Waals surface area contributed by atoms with E-state index in [2.05, 4.69) is 20.8 Å². The number of aromatic carboxylic acids is 1. The number of pyridine rings is 1. The molecule has 1 atom stereocenters. The minimum absolute atomic E-state index is 0.132. The minimum Gasteiger partial charge on any atom is -0.478 e. The van der Waals surface area contributed by atoms with Crippen LogP contribution in [-0.2, 0) is 5.41 Å². The Balaban J connectivity index is 2.50. The molecule has 1 heterocycles. The Morgan fingerprint density at radius 1 is 1.40 bits per heavy atom. The average molecular weight is 269 g/mol. The van der Waals surface area contributed by atoms with E-state index in [4.69, 9.17) is 4.98 Å². The van der Waals surface area contributed by atoms with Gasteiger partial charge in [0.05, 0.1) is 11.1 Å². The predicted octanol–water partition coefficient (Wildman–Crippen LogP) is 4.03. The monoisotopic (exact) mass is 269 g/mol. The van der Waals surface area contributed by atoms with E-state index >= 15 is 0 Å². The zero-order valence-corrected chi connectivity index (χ0v) is 12.3. The van der Waals surface area contributed by atoms with Crippen molar-refractivity contribution in [2.24, 2.45) is 0 Å². The first kappa shape index (κ1) is 13.1. The summed E-state index contributed by atoms with van der Waals surface area (Å²) in [4.78, 5) is 16.6. The van der Waals surface area contributed by atoms with E-state index in [0.717, 1.165) is 34.1 Å². The van der Waals surface area contributed by atoms with Gasteiger partial charge in [-0.15, -0.1) is 0 Å². The molecule has 0 aliphatic heterocycles. The van der Waals surface area contributed by atoms with Gasteiger partial charge in [-0.3, -0.25) is 4.98 Å². The van der Waals surface area contributed by atoms with Crippen molar-refractivity contribution in [3.63, 3.8) is 0 Å². The Bertz CT molecular complexity index is 731. The second-order valence-corrected chi connectivity index (χ2v) is 6.56. The van der Waals surface area contributed by atoms with Crippen LogP contribution in [0.25, 0.3) is 10.9 Å². The summed E-state index contributed by atoms with van der Waals surface area (Å²) in [6.45, 7) is 8.34. The van der Waals surface area contributed by atoms with Crippen LogP contribution < -0.4 is 0 Å². The lowest BCUT2D eigenvalue weighted by molar-refractivity contribution is 0.0696. The number of benzene rings is 1. The zero-order valence-electron chi connectivity index (χ0n) is 12.3. The standard InChI is InChI=1S/C17H19NO2/c1-9-5-6-12-11(7-9)13(16(19)20)14-15(18-12)10(2)8-17(14,3)4/h5-7,10H,8H2,1-4H3,(H,19,20). The third-order valence-electron chi connectivity index (χ3n) is 4.34. The van der Waals surface area contributed by atoms with Crippen LogP contribution in [0.15, 0.2) is 18.2 Å². The molecular formula is C17H19NO2. The Kier molecular flexibility index (Phi) is 2.65. The molecule has 3 heteroatoms. The van der Waals surface area contributed by atoms with Crippen molar-refractivity contribution < 1.29 is 9.90 Å². The van der Waals surface area contributed by atoms with Crippen LogP contribution >= 0.6 is 0 Å². The number of carboxylic acid groups (broad SMARTS) is 1. The molecule has 1 N–H and O–H groups in total. The van der Waals surface area contributed by atoms with Crippen molar-refractivity contribution in [2.45, 2.75) is 45.4 Å². The Labute approximate surface area is 118 Å². The molecule has 0 bridgehead atoms. The smallest absolute Gasteiger partial charge is 0.336 e. The SMILES string of the molecule is Cc1ccc2nc3c(c(C(=O)O)c2c1)C(C)(C)CC3C. The highest BCUT2D eigenvalue weighted by Gasteiger charge is 2.40. The predicted molar refractivity (Wildman–Crippen MR) is 79.5 cm³/mol. The summed E-state index contributed by atoms with van der Waals surface area (Å²) in [5, 5.41) is 10.5. The molecule has 0 amide bonds. The van der Waals surface area contributed by atoms with E-state index in [1.165, 1.54) is 0 Å². The molecule has 2 aromatic rings. The quantitative estimate of drug-likeness (QED) is 0.850. The van der Waals surface area contributed by atoms with Gasteiger partial charge in [0.25, 0.3) is 0 Å². The van der Waals surface area contributed by atoms with Crippen LogP contribution in [0.4, 0.5) is 0 Å². The summed E-state index contributed by atoms with van der Waals surface area (Å²) < 4.78 is 0. The van der Waals surface area contributed by atoms with Crippen molar-refractivity contribution in [2.75, 3.05) is 0 Å². The molecule has 0 spiro atoms. The molecule has 1 aliphatic carbocycles. The van der Waals surface area contributed by atoms with Crippen LogP contribution in [0, 0.1) is 6.92 Å². The van der Waals surface area contributed by atoms with Crippen molar-refractivity contribution >= 4 is 16.9 Å². The Morgan fingerprint density at radius 3 is 2.75 bits per heavy atom. The molecule has 1 unspecified atom stereocenters. The van der Waals surface area contributed by atoms with Crippen molar-refractivity contribution in [1.29, 1.82) is 0 Å². The van der Waals surface area contributed by atoms with Gasteiger partial charge in [-0.05, 0) is 42.4 Å². The van der Waals surface area contributed by atoms with Gasteiger partial charge < -0.3 is 5.11 Å². The van der Waals surface area contributed by atoms with Gasteiger partial charge >= 0.3 is 5.97 Å². The zero-order chi connectivity index (χ0) is 14.7. The molecule has 104 valence electrons. The fourth-order valence-electron chi connectivity index (χ4n) is 3.62. The molecule has 0 saturated carbocycles. The summed E-state index contributed by atoms with van der Waals surface area (Å²) in [7, 11) is 0. The number of hydrogen-bond acceptors (Lipinski definition) is 2. The van der Waals surface area contributed by atoms with Crippen LogP contribution in [0.5, 0.6) is 0 Å². The van der Waals surface area contributed by atoms with E-state index in [0.29, 0.717) is 11.5 Å². The van der Waals surface area contributed by atoms with Gasteiger partial charge in [-0.2, -0.15) is 0 Å². The highest BCUT2D eigenvalue weighted by Crippen LogP contribution is 2.47. The number of nitrogens with zero attached hydrogens (tertiary/aromatic N) is 1. The fourth-order valence-corrected chi connectivity index (χ4v) is 3.62. The van der Waals surface area contributed by atoms with Gasteiger partial charge in [-0.25, -0.2) is 4.79 Å². The Hall–Kier alpha value is -1.90. The lowest BCUT2D eigenvalue weighted by Gasteiger charge is -2.21. The Morgan fingerprint density at radius 2 is 2.10 bits per heavy atom. The summed E-state index contributed by atoms with van der Waals surface area (Å²) in [5.74, 6) is -0.537. The fraction of sp³-hybridized carbons (Fsp3) is 0.412. The van der Waals surface area contributed by atoms with Gasteiger partial charge in [-0.1, -0.05) is 32.4 Å². The van der Waals surface area contributed by atoms with Gasteiger partial charge in [0.1, 0.15) is 0 Å². The highest BCUT2D eigenvalue weighted by molar-refractivity contribution is 6.05. The van der Waals surface area contributed by atoms with Crippen molar-refractivity contribution in [3.8, 4) is 0 Å². The van der Waals surface area contributed by atoms with Crippen LogP contribution in [0.1, 0.15) is 60.3 Å². The number of aromatic nitrogens is 1. The summed E-state index contributed by atoms with van der Waals surface area (Å²) in [5.41, 5.74) is 4.05. The van der Waals surface area contributed by atoms with Crippen LogP contribution in [0.3, 0.4) is 0 Å². The number of fused-ring (bicyclic) bond motifs is 2. The van der Waals surface area contributed by atoms with E-state index in [1.807, 2.05) is 25.1 Å². The molecule has 3 rings (SSSR count).